The summed E-state index contributed by atoms with van der Waals surface area (Å²) in [6.07, 6.45) is 2.66. The third-order valence-corrected chi connectivity index (χ3v) is 6.15. The quantitative estimate of drug-likeness (QED) is 0.549. The average Bonchev–Trinajstić information content (AvgIpc) is 2.97. The predicted molar refractivity (Wildman–Crippen MR) is 96.2 cm³/mol. The van der Waals surface area contributed by atoms with Gasteiger partial charge in [-0.15, -0.1) is 57.7 Å². The van der Waals surface area contributed by atoms with Crippen LogP contribution in [-0.2, 0) is 4.79 Å². The number of alkyl halides is 4. The maximum absolute atomic E-state index is 12.5. The molecule has 0 radical (unpaired) electrons. The van der Waals surface area contributed by atoms with E-state index in [0.29, 0.717) is 6.42 Å². The Morgan fingerprint density at radius 3 is 2.27 bits per heavy atom. The van der Waals surface area contributed by atoms with Crippen LogP contribution in [0.3, 0.4) is 0 Å². The van der Waals surface area contributed by atoms with Gasteiger partial charge >= 0.3 is 0 Å². The van der Waals surface area contributed by atoms with E-state index in [-0.39, 0.29) is 30.2 Å². The third kappa shape index (κ3) is 6.04. The van der Waals surface area contributed by atoms with Crippen LogP contribution >= 0.6 is 57.7 Å². The highest BCUT2D eigenvalue weighted by Gasteiger charge is 2.29. The van der Waals surface area contributed by atoms with Gasteiger partial charge < -0.3 is 4.90 Å². The van der Waals surface area contributed by atoms with Crippen molar-refractivity contribution in [2.45, 2.75) is 42.4 Å². The first-order valence-corrected chi connectivity index (χ1v) is 9.57. The van der Waals surface area contributed by atoms with Gasteiger partial charge in [-0.25, -0.2) is 4.98 Å². The Kier molecular flexibility index (Phi) is 8.80. The number of carbonyl (C=O) groups is 1. The Morgan fingerprint density at radius 2 is 1.82 bits per heavy atom. The average molecular weight is 406 g/mol. The molecule has 126 valence electrons. The largest absolute Gasteiger partial charge is 0.336 e. The summed E-state index contributed by atoms with van der Waals surface area (Å²) in [5, 5.41) is 2.76. The van der Waals surface area contributed by atoms with E-state index in [1.54, 1.807) is 18.1 Å². The summed E-state index contributed by atoms with van der Waals surface area (Å²) in [5.74, 6) is -0.0907. The molecule has 0 saturated carbocycles. The van der Waals surface area contributed by atoms with E-state index in [4.69, 9.17) is 46.4 Å². The van der Waals surface area contributed by atoms with Gasteiger partial charge in [-0.3, -0.25) is 4.79 Å². The summed E-state index contributed by atoms with van der Waals surface area (Å²) < 4.78 is 0. The summed E-state index contributed by atoms with van der Waals surface area (Å²) in [6, 6.07) is -0.154. The van der Waals surface area contributed by atoms with Crippen LogP contribution < -0.4 is 0 Å². The van der Waals surface area contributed by atoms with Crippen molar-refractivity contribution in [3.8, 4) is 0 Å². The van der Waals surface area contributed by atoms with Crippen LogP contribution in [0.5, 0.6) is 0 Å². The molecule has 1 amide bonds. The molecule has 3 atom stereocenters. The van der Waals surface area contributed by atoms with E-state index >= 15 is 0 Å². The van der Waals surface area contributed by atoms with Crippen molar-refractivity contribution >= 4 is 63.6 Å². The molecular formula is C14H20Cl4N2OS. The number of nitrogens with zero attached hydrogens (tertiary/aromatic N) is 2. The van der Waals surface area contributed by atoms with E-state index in [9.17, 15) is 4.79 Å². The van der Waals surface area contributed by atoms with Gasteiger partial charge in [0, 0.05) is 25.0 Å². The molecule has 0 bridgehead atoms. The van der Waals surface area contributed by atoms with Crippen molar-refractivity contribution in [2.24, 2.45) is 11.8 Å². The van der Waals surface area contributed by atoms with Crippen LogP contribution in [0, 0.1) is 11.8 Å². The number of rotatable bonds is 8. The summed E-state index contributed by atoms with van der Waals surface area (Å²) in [6.45, 7) is 3.81. The van der Waals surface area contributed by atoms with Crippen LogP contribution in [0.25, 0.3) is 0 Å². The first-order chi connectivity index (χ1) is 10.2. The number of carbonyl (C=O) groups excluding carboxylic acids is 1. The second-order valence-corrected chi connectivity index (χ2v) is 8.71. The van der Waals surface area contributed by atoms with Gasteiger partial charge in [-0.1, -0.05) is 13.8 Å². The van der Waals surface area contributed by atoms with Crippen LogP contribution in [0.4, 0.5) is 0 Å². The van der Waals surface area contributed by atoms with Crippen LogP contribution in [-0.4, -0.2) is 32.5 Å². The highest BCUT2D eigenvalue weighted by Crippen LogP contribution is 2.33. The Bertz CT molecular complexity index is 456. The van der Waals surface area contributed by atoms with Crippen LogP contribution in [0.2, 0.25) is 0 Å². The van der Waals surface area contributed by atoms with E-state index < -0.39 is 9.67 Å². The fourth-order valence-corrected chi connectivity index (χ4v) is 3.14. The third-order valence-electron chi connectivity index (χ3n) is 3.55. The molecule has 22 heavy (non-hydrogen) atoms. The Hall–Kier alpha value is 0.260. The molecule has 0 spiro atoms. The lowest BCUT2D eigenvalue weighted by Gasteiger charge is -2.30. The van der Waals surface area contributed by atoms with E-state index in [0.717, 1.165) is 5.01 Å². The van der Waals surface area contributed by atoms with Crippen molar-refractivity contribution in [3.63, 3.8) is 0 Å². The predicted octanol–water partition coefficient (Wildman–Crippen LogP) is 5.30. The molecule has 1 heterocycles. The Balaban J connectivity index is 2.84. The lowest BCUT2D eigenvalue weighted by atomic mass is 10.0. The molecule has 1 aromatic heterocycles. The van der Waals surface area contributed by atoms with Gasteiger partial charge in [-0.05, 0) is 18.3 Å². The van der Waals surface area contributed by atoms with E-state index in [1.807, 2.05) is 19.2 Å². The first-order valence-electron chi connectivity index (χ1n) is 6.95. The van der Waals surface area contributed by atoms with Crippen molar-refractivity contribution in [1.29, 1.82) is 0 Å². The van der Waals surface area contributed by atoms with E-state index in [2.05, 4.69) is 4.98 Å². The highest BCUT2D eigenvalue weighted by molar-refractivity contribution is 7.09. The molecule has 0 unspecified atom stereocenters. The molecule has 0 aliphatic rings. The molecule has 0 saturated heterocycles. The number of aromatic nitrogens is 1. The lowest BCUT2D eigenvalue weighted by Crippen LogP contribution is -2.34. The number of amides is 1. The summed E-state index contributed by atoms with van der Waals surface area (Å²) in [5.41, 5.74) is 0. The molecule has 0 aromatic carbocycles. The van der Waals surface area contributed by atoms with Gasteiger partial charge in [0.05, 0.1) is 6.04 Å². The number of halogens is 4. The maximum atomic E-state index is 12.5. The Labute approximate surface area is 155 Å². The molecule has 8 heteroatoms. The fraction of sp³-hybridized carbons (Fsp3) is 0.714. The second-order valence-electron chi connectivity index (χ2n) is 5.45. The van der Waals surface area contributed by atoms with Gasteiger partial charge in [0.25, 0.3) is 0 Å². The zero-order valence-corrected chi connectivity index (χ0v) is 16.5. The standard InChI is InChI=1S/C14H20Cl4N2OS/c1-8(12(15)16)6-10(14-19-4-5-22-14)20(3)11(21)7-9(2)13(17)18/h4-5,8-10,12-13H,6-7H2,1-3H3/t8-,9-,10+/m0/s1. The summed E-state index contributed by atoms with van der Waals surface area (Å²) in [4.78, 5) is 17.4. The van der Waals surface area contributed by atoms with Crippen LogP contribution in [0.15, 0.2) is 11.6 Å². The van der Waals surface area contributed by atoms with Crippen LogP contribution in [0.1, 0.15) is 37.7 Å². The minimum Gasteiger partial charge on any atom is -0.336 e. The molecule has 3 nitrogen and oxygen atoms in total. The van der Waals surface area contributed by atoms with Gasteiger partial charge in [-0.2, -0.15) is 0 Å². The van der Waals surface area contributed by atoms with Crippen molar-refractivity contribution in [2.75, 3.05) is 7.05 Å². The number of hydrogen-bond acceptors (Lipinski definition) is 3. The smallest absolute Gasteiger partial charge is 0.223 e. The molecule has 0 aliphatic heterocycles. The van der Waals surface area contributed by atoms with Crippen molar-refractivity contribution in [3.05, 3.63) is 16.6 Å². The zero-order valence-electron chi connectivity index (χ0n) is 12.7. The number of thiazole rings is 1. The Morgan fingerprint density at radius 1 is 1.23 bits per heavy atom. The number of hydrogen-bond donors (Lipinski definition) is 0. The molecular weight excluding hydrogens is 386 g/mol. The second kappa shape index (κ2) is 9.53. The summed E-state index contributed by atoms with van der Waals surface area (Å²) in [7, 11) is 1.77. The monoisotopic (exact) mass is 404 g/mol. The molecule has 0 fully saturated rings. The molecule has 0 aliphatic carbocycles. The van der Waals surface area contributed by atoms with Gasteiger partial charge in [0.1, 0.15) is 14.7 Å². The highest BCUT2D eigenvalue weighted by atomic mass is 35.5. The van der Waals surface area contributed by atoms with E-state index in [1.165, 1.54) is 11.3 Å². The molecule has 0 N–H and O–H groups in total. The van der Waals surface area contributed by atoms with Gasteiger partial charge in [0.2, 0.25) is 5.91 Å². The van der Waals surface area contributed by atoms with Crippen molar-refractivity contribution in [1.82, 2.24) is 9.88 Å². The van der Waals surface area contributed by atoms with Gasteiger partial charge in [0.15, 0.2) is 0 Å². The first kappa shape index (κ1) is 20.3. The summed E-state index contributed by atoms with van der Waals surface area (Å²) >= 11 is 25.1. The minimum atomic E-state index is -0.565. The fourth-order valence-electron chi connectivity index (χ4n) is 1.96. The molecule has 1 rings (SSSR count). The lowest BCUT2D eigenvalue weighted by molar-refractivity contribution is -0.133. The topological polar surface area (TPSA) is 33.2 Å². The minimum absolute atomic E-state index is 0.0214. The maximum Gasteiger partial charge on any atom is 0.223 e. The zero-order chi connectivity index (χ0) is 16.9. The normalized spacial score (nSPS) is 15.9. The molecule has 1 aromatic rings. The SMILES string of the molecule is C[C@@H](CC(=O)N(C)[C@H](C[C@H](C)C(Cl)Cl)c1nccs1)C(Cl)Cl. The van der Waals surface area contributed by atoms with Crippen molar-refractivity contribution < 1.29 is 4.79 Å².